The summed E-state index contributed by atoms with van der Waals surface area (Å²) in [6.45, 7) is 3.55. The van der Waals surface area contributed by atoms with Gasteiger partial charge in [-0.1, -0.05) is 6.92 Å². The maximum atomic E-state index is 15.7. The number of ether oxygens (including phenoxy) is 1. The Bertz CT molecular complexity index is 3080. The number of aliphatic hydroxyl groups is 1. The lowest BCUT2D eigenvalue weighted by molar-refractivity contribution is -0.139. The van der Waals surface area contributed by atoms with E-state index in [-0.39, 0.29) is 95.8 Å². The van der Waals surface area contributed by atoms with E-state index in [1.54, 1.807) is 40.3 Å². The number of nitriles is 1. The van der Waals surface area contributed by atoms with E-state index in [2.05, 4.69) is 20.1 Å². The smallest absolute Gasteiger partial charge is 0.329 e. The Morgan fingerprint density at radius 2 is 1.76 bits per heavy atom. The first-order valence-electron chi connectivity index (χ1n) is 22.6. The number of halogens is 2. The number of fused-ring (bicyclic) bond motifs is 2. The molecule has 9 rings (SSSR count). The monoisotopic (exact) mass is 955 g/mol. The highest BCUT2D eigenvalue weighted by atomic mass is 32.2. The Balaban J connectivity index is 0.813. The van der Waals surface area contributed by atoms with Crippen LogP contribution in [0.25, 0.3) is 21.8 Å². The third kappa shape index (κ3) is 8.69. The second-order valence-electron chi connectivity index (χ2n) is 18.4. The minimum atomic E-state index is -4.04. The molecule has 22 heteroatoms. The van der Waals surface area contributed by atoms with E-state index in [9.17, 15) is 38.0 Å². The van der Waals surface area contributed by atoms with Gasteiger partial charge in [-0.2, -0.15) is 23.1 Å². The van der Waals surface area contributed by atoms with Gasteiger partial charge in [0, 0.05) is 71.2 Å². The summed E-state index contributed by atoms with van der Waals surface area (Å²) in [6, 6.07) is 10.6. The first-order chi connectivity index (χ1) is 32.4. The summed E-state index contributed by atoms with van der Waals surface area (Å²) >= 11 is 0. The van der Waals surface area contributed by atoms with Crippen LogP contribution in [0.4, 0.5) is 30.8 Å². The molecule has 2 aromatic heterocycles. The molecule has 3 aromatic carbocycles. The average molecular weight is 956 g/mol. The zero-order valence-electron chi connectivity index (χ0n) is 37.8. The number of aromatic nitrogens is 4. The Hall–Kier alpha value is -6.70. The molecule has 358 valence electrons. The number of nitrogens with zero attached hydrogens (tertiary/aromatic N) is 9. The highest BCUT2D eigenvalue weighted by Gasteiger charge is 2.44. The van der Waals surface area contributed by atoms with Crippen molar-refractivity contribution in [1.82, 2.24) is 33.9 Å². The summed E-state index contributed by atoms with van der Waals surface area (Å²) in [5.41, 5.74) is -0.936. The number of carbonyl (C=O) groups is 3. The molecule has 1 saturated carbocycles. The first-order valence-corrected chi connectivity index (χ1v) is 24.0. The summed E-state index contributed by atoms with van der Waals surface area (Å²) < 4.78 is 68.6. The van der Waals surface area contributed by atoms with Crippen LogP contribution in [0.15, 0.2) is 53.6 Å². The lowest BCUT2D eigenvalue weighted by Crippen LogP contribution is -2.49. The molecule has 4 fully saturated rings. The van der Waals surface area contributed by atoms with Crippen LogP contribution in [-0.2, 0) is 26.8 Å². The number of hydrogen-bond donors (Lipinski definition) is 3. The average Bonchev–Trinajstić information content (AvgIpc) is 3.86. The van der Waals surface area contributed by atoms with Crippen LogP contribution in [0.1, 0.15) is 76.3 Å². The number of rotatable bonds is 11. The number of piperidine rings is 2. The SMILES string of the molecule is CCN(C)S(=O)(=O)Nc1ccc(F)c(Oc2ccc3ncn([C@H]4CCC5(CCN(C(=O)CC6(O)CCN(c7cc8c(cc7F)c(N7CCC(=O)NC7=O)nn8C)CC6)CC5)C4)c(=O)c3c2)c1C#N. The van der Waals surface area contributed by atoms with Gasteiger partial charge in [0.1, 0.15) is 23.2 Å². The van der Waals surface area contributed by atoms with Gasteiger partial charge in [-0.25, -0.2) is 18.6 Å². The molecule has 1 aliphatic carbocycles. The molecule has 5 heterocycles. The van der Waals surface area contributed by atoms with E-state index >= 15 is 8.78 Å². The number of carbonyl (C=O) groups excluding carboxylic acids is 3. The van der Waals surface area contributed by atoms with Gasteiger partial charge in [0.15, 0.2) is 17.4 Å². The van der Waals surface area contributed by atoms with Crippen molar-refractivity contribution in [3.63, 3.8) is 0 Å². The summed E-state index contributed by atoms with van der Waals surface area (Å²) in [5, 5.41) is 28.9. The molecule has 19 nitrogen and oxygen atoms in total. The largest absolute Gasteiger partial charge is 0.453 e. The minimum Gasteiger partial charge on any atom is -0.453 e. The zero-order chi connectivity index (χ0) is 48.3. The Morgan fingerprint density at radius 3 is 2.47 bits per heavy atom. The van der Waals surface area contributed by atoms with Gasteiger partial charge in [-0.3, -0.25) is 38.6 Å². The number of amides is 4. The van der Waals surface area contributed by atoms with Gasteiger partial charge < -0.3 is 19.6 Å². The molecule has 0 radical (unpaired) electrons. The molecule has 3 N–H and O–H groups in total. The van der Waals surface area contributed by atoms with Crippen LogP contribution in [0.5, 0.6) is 11.5 Å². The van der Waals surface area contributed by atoms with Gasteiger partial charge in [-0.05, 0) is 92.8 Å². The fourth-order valence-corrected chi connectivity index (χ4v) is 11.0. The third-order valence-electron chi connectivity index (χ3n) is 14.3. The van der Waals surface area contributed by atoms with Crippen LogP contribution in [0.3, 0.4) is 0 Å². The summed E-state index contributed by atoms with van der Waals surface area (Å²) in [6.07, 6.45) is 5.79. The maximum Gasteiger partial charge on any atom is 0.329 e. The van der Waals surface area contributed by atoms with Crippen LogP contribution in [0, 0.1) is 28.4 Å². The Kier molecular flexibility index (Phi) is 12.1. The van der Waals surface area contributed by atoms with Gasteiger partial charge >= 0.3 is 16.2 Å². The van der Waals surface area contributed by atoms with Crippen molar-refractivity contribution in [3.05, 3.63) is 76.3 Å². The van der Waals surface area contributed by atoms with E-state index in [0.29, 0.717) is 61.1 Å². The van der Waals surface area contributed by atoms with Crippen LogP contribution in [0.2, 0.25) is 0 Å². The second kappa shape index (κ2) is 17.7. The quantitative estimate of drug-likeness (QED) is 0.158. The van der Waals surface area contributed by atoms with Crippen molar-refractivity contribution in [1.29, 1.82) is 5.26 Å². The van der Waals surface area contributed by atoms with Crippen molar-refractivity contribution in [3.8, 4) is 17.6 Å². The van der Waals surface area contributed by atoms with E-state index < -0.39 is 39.2 Å². The minimum absolute atomic E-state index is 0.0454. The van der Waals surface area contributed by atoms with Crippen molar-refractivity contribution < 1.29 is 41.4 Å². The van der Waals surface area contributed by atoms with Gasteiger partial charge in [0.25, 0.3) is 5.56 Å². The molecule has 0 bridgehead atoms. The topological polar surface area (TPSA) is 228 Å². The Labute approximate surface area is 390 Å². The summed E-state index contributed by atoms with van der Waals surface area (Å²) in [4.78, 5) is 61.4. The molecule has 0 unspecified atom stereocenters. The highest BCUT2D eigenvalue weighted by molar-refractivity contribution is 7.90. The van der Waals surface area contributed by atoms with E-state index in [0.717, 1.165) is 35.7 Å². The van der Waals surface area contributed by atoms with Gasteiger partial charge in [0.2, 0.25) is 11.8 Å². The fourth-order valence-electron chi connectivity index (χ4n) is 10.1. The normalized spacial score (nSPS) is 19.5. The van der Waals surface area contributed by atoms with Crippen molar-refractivity contribution in [2.75, 3.05) is 60.8 Å². The van der Waals surface area contributed by atoms with Crippen LogP contribution >= 0.6 is 0 Å². The zero-order valence-corrected chi connectivity index (χ0v) is 38.6. The highest BCUT2D eigenvalue weighted by Crippen LogP contribution is 2.50. The molecule has 4 amide bonds. The lowest BCUT2D eigenvalue weighted by atomic mass is 9.76. The van der Waals surface area contributed by atoms with Crippen LogP contribution < -0.4 is 30.1 Å². The molecular weight excluding hydrogens is 905 g/mol. The number of aryl methyl sites for hydroxylation is 1. The predicted octanol–water partition coefficient (Wildman–Crippen LogP) is 5.04. The molecule has 5 aromatic rings. The van der Waals surface area contributed by atoms with Crippen molar-refractivity contribution >= 4 is 67.1 Å². The molecule has 3 saturated heterocycles. The maximum absolute atomic E-state index is 15.7. The second-order valence-corrected chi connectivity index (χ2v) is 20.1. The third-order valence-corrected chi connectivity index (χ3v) is 15.8. The number of hydrogen-bond acceptors (Lipinski definition) is 12. The van der Waals surface area contributed by atoms with E-state index in [1.165, 1.54) is 36.5 Å². The van der Waals surface area contributed by atoms with Crippen molar-refractivity contribution in [2.24, 2.45) is 12.5 Å². The number of benzene rings is 3. The molecule has 4 aliphatic rings. The first kappa shape index (κ1) is 46.4. The molecular formula is C46H51F2N11O8S. The van der Waals surface area contributed by atoms with E-state index in [4.69, 9.17) is 4.74 Å². The molecule has 1 spiro atoms. The van der Waals surface area contributed by atoms with Gasteiger partial charge in [-0.15, -0.1) is 0 Å². The molecule has 68 heavy (non-hydrogen) atoms. The number of imide groups is 1. The predicted molar refractivity (Wildman–Crippen MR) is 246 cm³/mol. The van der Waals surface area contributed by atoms with Crippen LogP contribution in [-0.4, -0.2) is 112 Å². The number of urea groups is 1. The number of nitrogens with one attached hydrogen (secondary N) is 2. The van der Waals surface area contributed by atoms with E-state index in [1.807, 2.05) is 11.0 Å². The summed E-state index contributed by atoms with van der Waals surface area (Å²) in [5.74, 6) is -2.15. The lowest BCUT2D eigenvalue weighted by Gasteiger charge is -2.42. The number of anilines is 3. The Morgan fingerprint density at radius 1 is 1.01 bits per heavy atom. The molecule has 1 atom stereocenters. The fraction of sp³-hybridized carbons (Fsp3) is 0.457. The molecule has 3 aliphatic heterocycles. The van der Waals surface area contributed by atoms with Gasteiger partial charge in [0.05, 0.1) is 46.1 Å². The standard InChI is InChI=1S/C46H51F2N11O8S/c1-4-54(2)68(65,66)53-36-8-6-33(47)41(32(36)26-49)67-29-5-7-35-30(21-29)43(62)59(27-50-35)28-9-11-45(24-28)12-17-57(18-13-45)40(61)25-46(64)14-19-56(20-15-46)38-23-37-31(22-34(38)48)42(52-55(37)3)58-16-10-39(60)51-44(58)63/h5-8,21-23,27-28,53,64H,4,9-20,24-25H2,1-3H3,(H,51,60,63)/t28-/m0/s1. The van der Waals surface area contributed by atoms with Crippen molar-refractivity contribution in [2.45, 2.75) is 76.4 Å². The number of likely N-dealkylation sites (tertiary alicyclic amines) is 1. The summed E-state index contributed by atoms with van der Waals surface area (Å²) in [7, 11) is -0.991.